The third-order valence-corrected chi connectivity index (χ3v) is 9.05. The number of nitrogens with zero attached hydrogens (tertiary/aromatic N) is 1. The van der Waals surface area contributed by atoms with Gasteiger partial charge in [-0.05, 0) is 74.6 Å². The van der Waals surface area contributed by atoms with Gasteiger partial charge >= 0.3 is 0 Å². The lowest BCUT2D eigenvalue weighted by Crippen LogP contribution is -2.52. The van der Waals surface area contributed by atoms with Crippen LogP contribution in [0.1, 0.15) is 62.2 Å². The monoisotopic (exact) mass is 447 g/mol. The molecule has 2 amide bonds. The highest BCUT2D eigenvalue weighted by Gasteiger charge is 2.38. The highest BCUT2D eigenvalue weighted by Crippen LogP contribution is 2.36. The van der Waals surface area contributed by atoms with Crippen molar-refractivity contribution in [2.45, 2.75) is 62.8 Å². The summed E-state index contributed by atoms with van der Waals surface area (Å²) in [6.07, 6.45) is 6.77. The van der Waals surface area contributed by atoms with Crippen LogP contribution in [0.2, 0.25) is 0 Å². The molecule has 8 heteroatoms. The smallest absolute Gasteiger partial charge is 0.251 e. The summed E-state index contributed by atoms with van der Waals surface area (Å²) in [7, 11) is -3.47. The summed E-state index contributed by atoms with van der Waals surface area (Å²) in [4.78, 5) is 25.2. The normalized spacial score (nSPS) is 29.3. The van der Waals surface area contributed by atoms with Gasteiger partial charge < -0.3 is 10.6 Å². The number of hydrogen-bond acceptors (Lipinski definition) is 4. The Balaban J connectivity index is 1.28. The van der Waals surface area contributed by atoms with Crippen molar-refractivity contribution in [3.63, 3.8) is 0 Å². The summed E-state index contributed by atoms with van der Waals surface area (Å²) in [5.41, 5.74) is 0.426. The van der Waals surface area contributed by atoms with Crippen molar-refractivity contribution < 1.29 is 18.0 Å². The Morgan fingerprint density at radius 3 is 2.55 bits per heavy atom. The van der Waals surface area contributed by atoms with Gasteiger partial charge in [0.25, 0.3) is 5.91 Å². The molecule has 2 heterocycles. The lowest BCUT2D eigenvalue weighted by Gasteiger charge is -2.41. The van der Waals surface area contributed by atoms with E-state index in [0.717, 1.165) is 25.7 Å². The van der Waals surface area contributed by atoms with Crippen molar-refractivity contribution in [3.05, 3.63) is 29.8 Å². The van der Waals surface area contributed by atoms with Crippen molar-refractivity contribution in [1.82, 2.24) is 14.9 Å². The number of carbonyl (C=O) groups is 2. The second-order valence-corrected chi connectivity index (χ2v) is 11.3. The molecule has 2 N–H and O–H groups in total. The van der Waals surface area contributed by atoms with Gasteiger partial charge in [-0.15, -0.1) is 0 Å². The van der Waals surface area contributed by atoms with Gasteiger partial charge in [-0.3, -0.25) is 9.59 Å². The molecule has 4 unspecified atom stereocenters. The predicted molar refractivity (Wildman–Crippen MR) is 118 cm³/mol. The zero-order chi connectivity index (χ0) is 22.0. The number of piperidine rings is 1. The summed E-state index contributed by atoms with van der Waals surface area (Å²) in [5, 5.41) is 6.08. The molecule has 2 saturated heterocycles. The largest absolute Gasteiger partial charge is 0.353 e. The van der Waals surface area contributed by atoms with E-state index in [1.165, 1.54) is 29.3 Å². The molecule has 4 atom stereocenters. The van der Waals surface area contributed by atoms with Gasteiger partial charge in [0.2, 0.25) is 15.9 Å². The summed E-state index contributed by atoms with van der Waals surface area (Å²) in [6.45, 7) is 3.79. The molecule has 170 valence electrons. The second kappa shape index (κ2) is 9.28. The molecular formula is C23H33N3O4S. The lowest BCUT2D eigenvalue weighted by molar-refractivity contribution is -0.130. The van der Waals surface area contributed by atoms with Crippen LogP contribution < -0.4 is 10.6 Å². The van der Waals surface area contributed by atoms with E-state index in [0.29, 0.717) is 49.5 Å². The third-order valence-electron chi connectivity index (χ3n) is 7.14. The Hall–Kier alpha value is -1.93. The molecule has 31 heavy (non-hydrogen) atoms. The number of amides is 2. The van der Waals surface area contributed by atoms with Crippen molar-refractivity contribution >= 4 is 21.8 Å². The Kier molecular flexibility index (Phi) is 6.67. The Labute approximate surface area is 185 Å². The molecule has 0 radical (unpaired) electrons. The fourth-order valence-electron chi connectivity index (χ4n) is 5.24. The molecule has 1 saturated carbocycles. The second-order valence-electron chi connectivity index (χ2n) is 9.41. The third kappa shape index (κ3) is 4.95. The van der Waals surface area contributed by atoms with E-state index >= 15 is 0 Å². The van der Waals surface area contributed by atoms with Gasteiger partial charge in [-0.1, -0.05) is 13.3 Å². The topological polar surface area (TPSA) is 95.6 Å². The minimum atomic E-state index is -3.47. The maximum Gasteiger partial charge on any atom is 0.251 e. The van der Waals surface area contributed by atoms with Crippen LogP contribution >= 0.6 is 0 Å². The predicted octanol–water partition coefficient (Wildman–Crippen LogP) is 2.53. The van der Waals surface area contributed by atoms with Gasteiger partial charge in [0.1, 0.15) is 0 Å². The van der Waals surface area contributed by atoms with Crippen LogP contribution in [-0.2, 0) is 14.8 Å². The average molecular weight is 448 g/mol. The highest BCUT2D eigenvalue weighted by molar-refractivity contribution is 7.89. The van der Waals surface area contributed by atoms with E-state index in [4.69, 9.17) is 0 Å². The van der Waals surface area contributed by atoms with Crippen LogP contribution in [0.15, 0.2) is 29.2 Å². The fraction of sp³-hybridized carbons (Fsp3) is 0.652. The number of rotatable bonds is 6. The Bertz CT molecular complexity index is 909. The summed E-state index contributed by atoms with van der Waals surface area (Å²) in [5.74, 6) is 1.04. The summed E-state index contributed by atoms with van der Waals surface area (Å²) < 4.78 is 26.7. The number of nitrogens with one attached hydrogen (secondary N) is 2. The highest BCUT2D eigenvalue weighted by atomic mass is 32.2. The Morgan fingerprint density at radius 1 is 1.13 bits per heavy atom. The number of fused-ring (bicyclic) bond motifs is 1. The molecule has 0 bridgehead atoms. The molecule has 2 aliphatic heterocycles. The SMILES string of the molecule is CC1CCC2CC(CCNC(=O)c3ccc(S(=O)(=O)N4CCCC4)cc3)C(=O)NC2C1. The molecule has 7 nitrogen and oxygen atoms in total. The fourth-order valence-corrected chi connectivity index (χ4v) is 6.76. The van der Waals surface area contributed by atoms with Crippen molar-refractivity contribution in [3.8, 4) is 0 Å². The van der Waals surface area contributed by atoms with E-state index in [2.05, 4.69) is 17.6 Å². The zero-order valence-corrected chi connectivity index (χ0v) is 19.0. The van der Waals surface area contributed by atoms with Gasteiger partial charge in [-0.2, -0.15) is 4.31 Å². The maximum atomic E-state index is 12.6. The minimum absolute atomic E-state index is 0.0528. The molecular weight excluding hydrogens is 414 g/mol. The maximum absolute atomic E-state index is 12.6. The number of carbonyl (C=O) groups excluding carboxylic acids is 2. The summed E-state index contributed by atoms with van der Waals surface area (Å²) in [6, 6.07) is 6.43. The first-order valence-electron chi connectivity index (χ1n) is 11.5. The molecule has 1 aliphatic carbocycles. The van der Waals surface area contributed by atoms with E-state index in [1.54, 1.807) is 12.1 Å². The van der Waals surface area contributed by atoms with Crippen LogP contribution in [0, 0.1) is 17.8 Å². The van der Waals surface area contributed by atoms with Crippen LogP contribution in [-0.4, -0.2) is 50.2 Å². The molecule has 3 aliphatic rings. The van der Waals surface area contributed by atoms with Crippen LogP contribution in [0.5, 0.6) is 0 Å². The Morgan fingerprint density at radius 2 is 1.84 bits per heavy atom. The van der Waals surface area contributed by atoms with Crippen LogP contribution in [0.3, 0.4) is 0 Å². The van der Waals surface area contributed by atoms with E-state index < -0.39 is 10.0 Å². The van der Waals surface area contributed by atoms with E-state index in [-0.39, 0.29) is 22.6 Å². The van der Waals surface area contributed by atoms with Gasteiger partial charge in [-0.25, -0.2) is 8.42 Å². The number of benzene rings is 1. The zero-order valence-electron chi connectivity index (χ0n) is 18.2. The van der Waals surface area contributed by atoms with Gasteiger partial charge in [0.05, 0.1) is 4.90 Å². The molecule has 0 aromatic heterocycles. The van der Waals surface area contributed by atoms with E-state index in [9.17, 15) is 18.0 Å². The average Bonchev–Trinajstić information content (AvgIpc) is 3.30. The molecule has 1 aromatic rings. The van der Waals surface area contributed by atoms with Gasteiger partial charge in [0, 0.05) is 37.2 Å². The summed E-state index contributed by atoms with van der Waals surface area (Å²) >= 11 is 0. The van der Waals surface area contributed by atoms with Crippen LogP contribution in [0.4, 0.5) is 0 Å². The van der Waals surface area contributed by atoms with Crippen molar-refractivity contribution in [1.29, 1.82) is 0 Å². The van der Waals surface area contributed by atoms with Crippen molar-refractivity contribution in [2.24, 2.45) is 17.8 Å². The number of hydrogen-bond donors (Lipinski definition) is 2. The first kappa shape index (κ1) is 22.3. The molecule has 1 aromatic carbocycles. The first-order chi connectivity index (χ1) is 14.8. The number of sulfonamides is 1. The molecule has 4 rings (SSSR count). The minimum Gasteiger partial charge on any atom is -0.353 e. The standard InChI is InChI=1S/C23H33N3O4S/c1-16-4-5-18-15-19(23(28)25-21(18)14-16)10-11-24-22(27)17-6-8-20(9-7-17)31(29,30)26-12-2-3-13-26/h6-9,16,18-19,21H,2-5,10-15H2,1H3,(H,24,27)(H,25,28). The quantitative estimate of drug-likeness (QED) is 0.701. The lowest BCUT2D eigenvalue weighted by atomic mass is 9.72. The van der Waals surface area contributed by atoms with Gasteiger partial charge in [0.15, 0.2) is 0 Å². The van der Waals surface area contributed by atoms with Crippen LogP contribution in [0.25, 0.3) is 0 Å². The molecule has 0 spiro atoms. The van der Waals surface area contributed by atoms with Crippen molar-refractivity contribution in [2.75, 3.05) is 19.6 Å². The van der Waals surface area contributed by atoms with E-state index in [1.807, 2.05) is 0 Å². The first-order valence-corrected chi connectivity index (χ1v) is 13.0. The molecule has 3 fully saturated rings.